The summed E-state index contributed by atoms with van der Waals surface area (Å²) in [6.45, 7) is 12.2. The predicted octanol–water partition coefficient (Wildman–Crippen LogP) is 2.66. The molecule has 1 atom stereocenters. The fourth-order valence-corrected chi connectivity index (χ4v) is 2.79. The second-order valence-corrected chi connectivity index (χ2v) is 8.03. The topological polar surface area (TPSA) is 46.2 Å². The van der Waals surface area contributed by atoms with E-state index in [4.69, 9.17) is 23.5 Å². The maximum absolute atomic E-state index is 14.5. The SMILES string of the molecule is CC1(C)OCC(COc2ccc(B3OC(C)(C)C(C)(C)O3)c(F)c2)O1. The Morgan fingerprint density at radius 2 is 1.76 bits per heavy atom. The molecule has 1 aromatic carbocycles. The molecule has 138 valence electrons. The molecule has 0 aliphatic carbocycles. The number of hydrogen-bond donors (Lipinski definition) is 0. The van der Waals surface area contributed by atoms with E-state index in [9.17, 15) is 4.39 Å². The molecule has 0 aromatic heterocycles. The summed E-state index contributed by atoms with van der Waals surface area (Å²) in [5.41, 5.74) is -0.648. The van der Waals surface area contributed by atoms with E-state index in [1.807, 2.05) is 41.5 Å². The van der Waals surface area contributed by atoms with Crippen LogP contribution < -0.4 is 10.2 Å². The van der Waals surface area contributed by atoms with Crippen molar-refractivity contribution in [2.75, 3.05) is 13.2 Å². The molecule has 1 aromatic rings. The Morgan fingerprint density at radius 1 is 1.12 bits per heavy atom. The van der Waals surface area contributed by atoms with Crippen LogP contribution >= 0.6 is 0 Å². The minimum absolute atomic E-state index is 0.166. The van der Waals surface area contributed by atoms with Crippen molar-refractivity contribution >= 4 is 12.6 Å². The molecule has 0 bridgehead atoms. The van der Waals surface area contributed by atoms with Crippen LogP contribution in [0.2, 0.25) is 0 Å². The van der Waals surface area contributed by atoms with Gasteiger partial charge in [0.15, 0.2) is 5.79 Å². The van der Waals surface area contributed by atoms with Gasteiger partial charge in [-0.1, -0.05) is 6.07 Å². The number of halogens is 1. The number of rotatable bonds is 4. The van der Waals surface area contributed by atoms with Gasteiger partial charge in [0.1, 0.15) is 24.3 Å². The average molecular weight is 352 g/mol. The highest BCUT2D eigenvalue weighted by Gasteiger charge is 2.52. The Bertz CT molecular complexity index is 630. The Balaban J connectivity index is 1.64. The third kappa shape index (κ3) is 3.84. The van der Waals surface area contributed by atoms with Crippen LogP contribution in [0.3, 0.4) is 0 Å². The first-order chi connectivity index (χ1) is 11.5. The predicted molar refractivity (Wildman–Crippen MR) is 92.5 cm³/mol. The van der Waals surface area contributed by atoms with E-state index in [-0.39, 0.29) is 6.10 Å². The van der Waals surface area contributed by atoms with Crippen molar-refractivity contribution in [2.45, 2.75) is 64.6 Å². The minimum atomic E-state index is -0.730. The molecule has 7 heteroatoms. The average Bonchev–Trinajstić information content (AvgIpc) is 2.93. The molecule has 5 nitrogen and oxygen atoms in total. The maximum Gasteiger partial charge on any atom is 0.497 e. The lowest BCUT2D eigenvalue weighted by atomic mass is 9.78. The Kier molecular flexibility index (Phi) is 4.65. The monoisotopic (exact) mass is 352 g/mol. The van der Waals surface area contributed by atoms with E-state index in [2.05, 4.69) is 0 Å². The highest BCUT2D eigenvalue weighted by molar-refractivity contribution is 6.62. The number of benzene rings is 1. The smallest absolute Gasteiger partial charge is 0.491 e. The lowest BCUT2D eigenvalue weighted by Crippen LogP contribution is -2.41. The molecular formula is C18H26BFO5. The van der Waals surface area contributed by atoms with Gasteiger partial charge in [-0.15, -0.1) is 0 Å². The molecule has 2 saturated heterocycles. The van der Waals surface area contributed by atoms with Gasteiger partial charge in [-0.25, -0.2) is 4.39 Å². The molecule has 3 rings (SSSR count). The van der Waals surface area contributed by atoms with Crippen LogP contribution in [-0.2, 0) is 18.8 Å². The van der Waals surface area contributed by atoms with Gasteiger partial charge in [-0.2, -0.15) is 0 Å². The van der Waals surface area contributed by atoms with Crippen molar-refractivity contribution in [1.82, 2.24) is 0 Å². The van der Waals surface area contributed by atoms with Crippen LogP contribution in [-0.4, -0.2) is 43.4 Å². The molecule has 25 heavy (non-hydrogen) atoms. The first kappa shape index (κ1) is 18.6. The Morgan fingerprint density at radius 3 is 2.28 bits per heavy atom. The van der Waals surface area contributed by atoms with E-state index in [0.717, 1.165) is 0 Å². The lowest BCUT2D eigenvalue weighted by molar-refractivity contribution is -0.141. The van der Waals surface area contributed by atoms with Crippen molar-refractivity contribution in [3.05, 3.63) is 24.0 Å². The largest absolute Gasteiger partial charge is 0.497 e. The molecule has 0 N–H and O–H groups in total. The molecule has 1 unspecified atom stereocenters. The summed E-state index contributed by atoms with van der Waals surface area (Å²) >= 11 is 0. The van der Waals surface area contributed by atoms with Gasteiger partial charge in [0.25, 0.3) is 0 Å². The van der Waals surface area contributed by atoms with Crippen LogP contribution in [0, 0.1) is 5.82 Å². The molecule has 2 heterocycles. The van der Waals surface area contributed by atoms with Crippen molar-refractivity contribution in [3.8, 4) is 5.75 Å². The second-order valence-electron chi connectivity index (χ2n) is 8.03. The first-order valence-electron chi connectivity index (χ1n) is 8.59. The van der Waals surface area contributed by atoms with Crippen LogP contribution in [0.4, 0.5) is 4.39 Å². The lowest BCUT2D eigenvalue weighted by Gasteiger charge is -2.32. The number of hydrogen-bond acceptors (Lipinski definition) is 5. The zero-order valence-corrected chi connectivity index (χ0v) is 15.7. The summed E-state index contributed by atoms with van der Waals surface area (Å²) in [5, 5.41) is 0. The Labute approximate surface area is 148 Å². The third-order valence-corrected chi connectivity index (χ3v) is 4.98. The summed E-state index contributed by atoms with van der Waals surface area (Å²) in [5.74, 6) is -0.578. The normalized spacial score (nSPS) is 26.8. The molecular weight excluding hydrogens is 326 g/mol. The van der Waals surface area contributed by atoms with E-state index in [1.54, 1.807) is 12.1 Å². The van der Waals surface area contributed by atoms with Crippen molar-refractivity contribution in [1.29, 1.82) is 0 Å². The van der Waals surface area contributed by atoms with Gasteiger partial charge in [-0.3, -0.25) is 0 Å². The summed E-state index contributed by atoms with van der Waals surface area (Å²) in [6.07, 6.45) is -0.166. The van der Waals surface area contributed by atoms with Crippen LogP contribution in [0.5, 0.6) is 5.75 Å². The highest BCUT2D eigenvalue weighted by Crippen LogP contribution is 2.36. The third-order valence-electron chi connectivity index (χ3n) is 4.98. The molecule has 2 fully saturated rings. The van der Waals surface area contributed by atoms with E-state index in [0.29, 0.717) is 24.4 Å². The van der Waals surface area contributed by atoms with Crippen LogP contribution in [0.1, 0.15) is 41.5 Å². The fraction of sp³-hybridized carbons (Fsp3) is 0.667. The highest BCUT2D eigenvalue weighted by atomic mass is 19.1. The van der Waals surface area contributed by atoms with Gasteiger partial charge in [0, 0.05) is 11.5 Å². The molecule has 0 spiro atoms. The molecule has 0 amide bonds. The number of ether oxygens (including phenoxy) is 3. The summed E-state index contributed by atoms with van der Waals surface area (Å²) in [4.78, 5) is 0. The van der Waals surface area contributed by atoms with E-state index < -0.39 is 29.9 Å². The van der Waals surface area contributed by atoms with Gasteiger partial charge < -0.3 is 23.5 Å². The Hall–Kier alpha value is -1.15. The van der Waals surface area contributed by atoms with Crippen molar-refractivity contribution < 1.29 is 27.9 Å². The van der Waals surface area contributed by atoms with Gasteiger partial charge >= 0.3 is 7.12 Å². The van der Waals surface area contributed by atoms with E-state index >= 15 is 0 Å². The quantitative estimate of drug-likeness (QED) is 0.780. The summed E-state index contributed by atoms with van der Waals surface area (Å²) in [6, 6.07) is 4.70. The van der Waals surface area contributed by atoms with Crippen molar-refractivity contribution in [2.24, 2.45) is 0 Å². The minimum Gasteiger partial charge on any atom is -0.491 e. The van der Waals surface area contributed by atoms with Crippen LogP contribution in [0.25, 0.3) is 0 Å². The second kappa shape index (κ2) is 6.23. The van der Waals surface area contributed by atoms with Gasteiger partial charge in [-0.05, 0) is 47.6 Å². The molecule has 2 aliphatic rings. The van der Waals surface area contributed by atoms with Crippen molar-refractivity contribution in [3.63, 3.8) is 0 Å². The molecule has 2 aliphatic heterocycles. The zero-order valence-electron chi connectivity index (χ0n) is 15.7. The van der Waals surface area contributed by atoms with E-state index in [1.165, 1.54) is 6.07 Å². The maximum atomic E-state index is 14.5. The van der Waals surface area contributed by atoms with Gasteiger partial charge in [0.05, 0.1) is 17.8 Å². The summed E-state index contributed by atoms with van der Waals surface area (Å²) in [7, 11) is -0.730. The zero-order chi connectivity index (χ0) is 18.5. The standard InChI is InChI=1S/C18H26BFO5/c1-16(2)17(3,4)25-19(24-16)14-8-7-12(9-15(14)20)21-10-13-11-22-18(5,6)23-13/h7-9,13H,10-11H2,1-6H3. The fourth-order valence-electron chi connectivity index (χ4n) is 2.79. The van der Waals surface area contributed by atoms with Gasteiger partial charge in [0.2, 0.25) is 0 Å². The summed E-state index contributed by atoms with van der Waals surface area (Å²) < 4.78 is 43.1. The molecule has 0 saturated carbocycles. The van der Waals surface area contributed by atoms with Crippen LogP contribution in [0.15, 0.2) is 18.2 Å². The first-order valence-corrected chi connectivity index (χ1v) is 8.59. The molecule has 0 radical (unpaired) electrons.